The van der Waals surface area contributed by atoms with Gasteiger partial charge in [-0.1, -0.05) is 53.9 Å². The van der Waals surface area contributed by atoms with Gasteiger partial charge in [-0.25, -0.2) is 0 Å². The predicted molar refractivity (Wildman–Crippen MR) is 62.3 cm³/mol. The van der Waals surface area contributed by atoms with Crippen molar-refractivity contribution >= 4 is 6.29 Å². The molecule has 1 heteroatoms. The van der Waals surface area contributed by atoms with Gasteiger partial charge in [0.2, 0.25) is 0 Å². The highest BCUT2D eigenvalue weighted by molar-refractivity contribution is 5.53. The Morgan fingerprint density at radius 1 is 1.29 bits per heavy atom. The summed E-state index contributed by atoms with van der Waals surface area (Å²) in [5, 5.41) is 0. The van der Waals surface area contributed by atoms with Crippen LogP contribution in [0.5, 0.6) is 0 Å². The number of hydrogen-bond donors (Lipinski definition) is 0. The van der Waals surface area contributed by atoms with E-state index in [1.165, 1.54) is 25.7 Å². The molecule has 14 heavy (non-hydrogen) atoms. The molecule has 3 unspecified atom stereocenters. The van der Waals surface area contributed by atoms with Crippen molar-refractivity contribution in [3.8, 4) is 0 Å². The summed E-state index contributed by atoms with van der Waals surface area (Å²) < 4.78 is 0. The van der Waals surface area contributed by atoms with Crippen molar-refractivity contribution in [3.63, 3.8) is 0 Å². The van der Waals surface area contributed by atoms with Crippen molar-refractivity contribution in [2.75, 3.05) is 0 Å². The maximum atomic E-state index is 10.8. The monoisotopic (exact) mass is 198 g/mol. The first-order valence-electron chi connectivity index (χ1n) is 5.97. The highest BCUT2D eigenvalue weighted by atomic mass is 16.1. The number of unbranched alkanes of at least 4 members (excludes halogenated alkanes) is 1. The summed E-state index contributed by atoms with van der Waals surface area (Å²) in [5.74, 6) is 0.688. The van der Waals surface area contributed by atoms with E-state index in [2.05, 4.69) is 27.7 Å². The number of rotatable bonds is 7. The van der Waals surface area contributed by atoms with Crippen molar-refractivity contribution in [1.82, 2.24) is 0 Å². The van der Waals surface area contributed by atoms with Gasteiger partial charge in [-0.2, -0.15) is 0 Å². The van der Waals surface area contributed by atoms with Crippen LogP contribution >= 0.6 is 0 Å². The normalized spacial score (nSPS) is 19.8. The van der Waals surface area contributed by atoms with Crippen LogP contribution in [-0.2, 0) is 4.79 Å². The first kappa shape index (κ1) is 13.7. The molecule has 0 radical (unpaired) electrons. The zero-order valence-electron chi connectivity index (χ0n) is 10.5. The minimum atomic E-state index is 0.191. The molecule has 84 valence electrons. The summed E-state index contributed by atoms with van der Waals surface area (Å²) in [4.78, 5) is 10.8. The number of carbonyl (C=O) groups is 1. The summed E-state index contributed by atoms with van der Waals surface area (Å²) >= 11 is 0. The Kier molecular flexibility index (Phi) is 6.06. The third-order valence-corrected chi connectivity index (χ3v) is 4.01. The van der Waals surface area contributed by atoms with E-state index in [1.54, 1.807) is 0 Å². The van der Waals surface area contributed by atoms with Crippen LogP contribution in [0.3, 0.4) is 0 Å². The Balaban J connectivity index is 4.40. The van der Waals surface area contributed by atoms with Crippen molar-refractivity contribution in [2.24, 2.45) is 17.3 Å². The molecule has 3 atom stereocenters. The molecule has 0 saturated heterocycles. The van der Waals surface area contributed by atoms with E-state index in [1.807, 2.05) is 6.92 Å². The molecule has 0 rings (SSSR count). The van der Waals surface area contributed by atoms with Gasteiger partial charge >= 0.3 is 0 Å². The fourth-order valence-electron chi connectivity index (χ4n) is 2.06. The molecule has 0 aliphatic carbocycles. The van der Waals surface area contributed by atoms with Crippen LogP contribution in [0.15, 0.2) is 0 Å². The largest absolute Gasteiger partial charge is 0.303 e. The molecule has 0 aromatic carbocycles. The summed E-state index contributed by atoms with van der Waals surface area (Å²) in [7, 11) is 0. The molecule has 0 N–H and O–H groups in total. The standard InChI is InChI=1S/C13H26O/c1-6-8-9-13(5,7-2)12(4)11(3)10-14/h10-12H,6-9H2,1-5H3. The molecule has 0 aliphatic rings. The number of hydrogen-bond acceptors (Lipinski definition) is 1. The molecule has 0 bridgehead atoms. The van der Waals surface area contributed by atoms with Crippen molar-refractivity contribution < 1.29 is 4.79 Å². The first-order chi connectivity index (χ1) is 6.51. The molecule has 0 spiro atoms. The Labute approximate surface area is 89.3 Å². The van der Waals surface area contributed by atoms with Gasteiger partial charge in [0.05, 0.1) is 0 Å². The van der Waals surface area contributed by atoms with E-state index in [9.17, 15) is 4.79 Å². The first-order valence-corrected chi connectivity index (χ1v) is 5.97. The average Bonchev–Trinajstić information content (AvgIpc) is 2.23. The maximum Gasteiger partial charge on any atom is 0.123 e. The van der Waals surface area contributed by atoms with E-state index in [0.717, 1.165) is 6.29 Å². The molecule has 0 aliphatic heterocycles. The Morgan fingerprint density at radius 3 is 2.21 bits per heavy atom. The maximum absolute atomic E-state index is 10.8. The Hall–Kier alpha value is -0.330. The van der Waals surface area contributed by atoms with Gasteiger partial charge < -0.3 is 4.79 Å². The average molecular weight is 198 g/mol. The van der Waals surface area contributed by atoms with Crippen LogP contribution in [0, 0.1) is 17.3 Å². The van der Waals surface area contributed by atoms with Crippen LogP contribution in [0.4, 0.5) is 0 Å². The highest BCUT2D eigenvalue weighted by Gasteiger charge is 2.31. The molecular weight excluding hydrogens is 172 g/mol. The van der Waals surface area contributed by atoms with E-state index < -0.39 is 0 Å². The van der Waals surface area contributed by atoms with Crippen molar-refractivity contribution in [1.29, 1.82) is 0 Å². The van der Waals surface area contributed by atoms with Gasteiger partial charge in [0.1, 0.15) is 6.29 Å². The predicted octanol–water partition coefficient (Wildman–Crippen LogP) is 4.06. The summed E-state index contributed by atoms with van der Waals surface area (Å²) in [6, 6.07) is 0. The highest BCUT2D eigenvalue weighted by Crippen LogP contribution is 2.39. The minimum absolute atomic E-state index is 0.191. The lowest BCUT2D eigenvalue weighted by atomic mass is 9.68. The fraction of sp³-hybridized carbons (Fsp3) is 0.923. The van der Waals surface area contributed by atoms with Crippen LogP contribution in [-0.4, -0.2) is 6.29 Å². The lowest BCUT2D eigenvalue weighted by molar-refractivity contribution is -0.113. The summed E-state index contributed by atoms with van der Waals surface area (Å²) in [6.45, 7) is 11.1. The summed E-state index contributed by atoms with van der Waals surface area (Å²) in [6.07, 6.45) is 6.05. The second-order valence-electron chi connectivity index (χ2n) is 4.90. The molecule has 0 fully saturated rings. The van der Waals surface area contributed by atoms with Crippen LogP contribution in [0.25, 0.3) is 0 Å². The van der Waals surface area contributed by atoms with Gasteiger partial charge in [-0.05, 0) is 17.8 Å². The van der Waals surface area contributed by atoms with E-state index in [4.69, 9.17) is 0 Å². The topological polar surface area (TPSA) is 17.1 Å². The zero-order chi connectivity index (χ0) is 11.2. The second kappa shape index (κ2) is 6.21. The molecule has 0 saturated carbocycles. The van der Waals surface area contributed by atoms with Gasteiger partial charge in [0.25, 0.3) is 0 Å². The third kappa shape index (κ3) is 3.43. The molecule has 0 aromatic heterocycles. The number of carbonyl (C=O) groups excluding carboxylic acids is 1. The second-order valence-corrected chi connectivity index (χ2v) is 4.90. The quantitative estimate of drug-likeness (QED) is 0.564. The van der Waals surface area contributed by atoms with E-state index in [0.29, 0.717) is 11.3 Å². The molecular formula is C13H26O. The SMILES string of the molecule is CCCCC(C)(CC)C(C)C(C)C=O. The Bertz CT molecular complexity index is 165. The third-order valence-electron chi connectivity index (χ3n) is 4.01. The van der Waals surface area contributed by atoms with Gasteiger partial charge in [-0.15, -0.1) is 0 Å². The van der Waals surface area contributed by atoms with Crippen LogP contribution in [0.2, 0.25) is 0 Å². The van der Waals surface area contributed by atoms with Crippen molar-refractivity contribution in [2.45, 2.75) is 60.3 Å². The zero-order valence-corrected chi connectivity index (χ0v) is 10.5. The van der Waals surface area contributed by atoms with E-state index >= 15 is 0 Å². The molecule has 0 heterocycles. The van der Waals surface area contributed by atoms with Crippen molar-refractivity contribution in [3.05, 3.63) is 0 Å². The van der Waals surface area contributed by atoms with Gasteiger partial charge in [0.15, 0.2) is 0 Å². The molecule has 1 nitrogen and oxygen atoms in total. The number of aldehydes is 1. The lowest BCUT2D eigenvalue weighted by Crippen LogP contribution is -2.30. The van der Waals surface area contributed by atoms with Gasteiger partial charge in [-0.3, -0.25) is 0 Å². The van der Waals surface area contributed by atoms with Crippen LogP contribution < -0.4 is 0 Å². The van der Waals surface area contributed by atoms with Gasteiger partial charge in [0, 0.05) is 5.92 Å². The smallest absolute Gasteiger partial charge is 0.123 e. The van der Waals surface area contributed by atoms with Crippen LogP contribution in [0.1, 0.15) is 60.3 Å². The fourth-order valence-corrected chi connectivity index (χ4v) is 2.06. The lowest BCUT2D eigenvalue weighted by Gasteiger charge is -2.37. The minimum Gasteiger partial charge on any atom is -0.303 e. The molecule has 0 amide bonds. The summed E-state index contributed by atoms with van der Waals surface area (Å²) in [5.41, 5.74) is 0.344. The molecule has 0 aromatic rings. The van der Waals surface area contributed by atoms with E-state index in [-0.39, 0.29) is 5.92 Å². The Morgan fingerprint density at radius 2 is 1.86 bits per heavy atom.